The van der Waals surface area contributed by atoms with Gasteiger partial charge >= 0.3 is 0 Å². The van der Waals surface area contributed by atoms with E-state index in [0.29, 0.717) is 32.7 Å². The third kappa shape index (κ3) is 3.74. The van der Waals surface area contributed by atoms with E-state index in [1.807, 2.05) is 0 Å². The number of nitrogens with zero attached hydrogens (tertiary/aromatic N) is 3. The van der Waals surface area contributed by atoms with Gasteiger partial charge in [-0.2, -0.15) is 0 Å². The Kier molecular flexibility index (Phi) is 4.35. The van der Waals surface area contributed by atoms with Crippen molar-refractivity contribution in [2.75, 3.05) is 32.7 Å². The van der Waals surface area contributed by atoms with Crippen LogP contribution in [0.1, 0.15) is 24.2 Å². The topological polar surface area (TPSA) is 56.7 Å². The van der Waals surface area contributed by atoms with Gasteiger partial charge in [-0.05, 0) is 19.9 Å². The van der Waals surface area contributed by atoms with E-state index in [4.69, 9.17) is 0 Å². The molecule has 110 valence electrons. The van der Waals surface area contributed by atoms with E-state index in [0.717, 1.165) is 6.20 Å². The number of carbonyl (C=O) groups is 1. The number of pyridine rings is 1. The van der Waals surface area contributed by atoms with Crippen molar-refractivity contribution >= 4 is 5.91 Å². The second-order valence-electron chi connectivity index (χ2n) is 5.74. The maximum absolute atomic E-state index is 13.5. The van der Waals surface area contributed by atoms with Crippen LogP contribution in [0.3, 0.4) is 0 Å². The highest BCUT2D eigenvalue weighted by atomic mass is 19.1. The van der Waals surface area contributed by atoms with Gasteiger partial charge in [0.05, 0.1) is 17.4 Å². The predicted octanol–water partition coefficient (Wildman–Crippen LogP) is 0.749. The number of rotatable bonds is 3. The molecule has 1 fully saturated rings. The lowest BCUT2D eigenvalue weighted by molar-refractivity contribution is 0.0177. The zero-order chi connectivity index (χ0) is 14.8. The van der Waals surface area contributed by atoms with Gasteiger partial charge in [0.15, 0.2) is 5.82 Å². The molecule has 2 rings (SSSR count). The van der Waals surface area contributed by atoms with Crippen LogP contribution in [0.15, 0.2) is 18.5 Å². The lowest BCUT2D eigenvalue weighted by Gasteiger charge is -2.37. The highest BCUT2D eigenvalue weighted by Crippen LogP contribution is 2.13. The van der Waals surface area contributed by atoms with E-state index in [-0.39, 0.29) is 11.5 Å². The van der Waals surface area contributed by atoms with Crippen LogP contribution >= 0.6 is 0 Å². The quantitative estimate of drug-likeness (QED) is 0.888. The molecule has 0 aliphatic carbocycles. The predicted molar refractivity (Wildman–Crippen MR) is 72.8 cm³/mol. The van der Waals surface area contributed by atoms with E-state index in [9.17, 15) is 14.3 Å². The van der Waals surface area contributed by atoms with Gasteiger partial charge in [-0.15, -0.1) is 0 Å². The first-order valence-electron chi connectivity index (χ1n) is 6.70. The fourth-order valence-electron chi connectivity index (χ4n) is 2.38. The van der Waals surface area contributed by atoms with Crippen molar-refractivity contribution in [3.63, 3.8) is 0 Å². The Morgan fingerprint density at radius 1 is 1.40 bits per heavy atom. The Bertz CT molecular complexity index is 480. The number of halogens is 1. The Morgan fingerprint density at radius 3 is 2.60 bits per heavy atom. The third-order valence-electron chi connectivity index (χ3n) is 3.27. The number of aliphatic hydroxyl groups is 1. The normalized spacial score (nSPS) is 17.3. The molecule has 0 spiro atoms. The molecule has 2 heterocycles. The summed E-state index contributed by atoms with van der Waals surface area (Å²) in [5, 5.41) is 9.78. The minimum atomic E-state index is -0.747. The van der Waals surface area contributed by atoms with Crippen LogP contribution in [0.2, 0.25) is 0 Å². The van der Waals surface area contributed by atoms with E-state index < -0.39 is 11.4 Å². The van der Waals surface area contributed by atoms with Gasteiger partial charge < -0.3 is 10.0 Å². The maximum Gasteiger partial charge on any atom is 0.257 e. The molecule has 0 atom stereocenters. The summed E-state index contributed by atoms with van der Waals surface area (Å²) in [5.74, 6) is -0.885. The van der Waals surface area contributed by atoms with Crippen LogP contribution in [-0.2, 0) is 0 Å². The minimum absolute atomic E-state index is 0.0657. The summed E-state index contributed by atoms with van der Waals surface area (Å²) in [6.07, 6.45) is 2.47. The number of hydrogen-bond donors (Lipinski definition) is 1. The molecule has 1 saturated heterocycles. The van der Waals surface area contributed by atoms with Gasteiger partial charge in [0.1, 0.15) is 0 Å². The van der Waals surface area contributed by atoms with Crippen molar-refractivity contribution in [1.82, 2.24) is 14.8 Å². The molecule has 1 aromatic heterocycles. The van der Waals surface area contributed by atoms with Crippen molar-refractivity contribution in [2.24, 2.45) is 0 Å². The highest BCUT2D eigenvalue weighted by molar-refractivity contribution is 5.94. The van der Waals surface area contributed by atoms with Gasteiger partial charge in [-0.1, -0.05) is 0 Å². The summed E-state index contributed by atoms with van der Waals surface area (Å²) in [5.41, 5.74) is -0.681. The van der Waals surface area contributed by atoms with Crippen LogP contribution in [0.5, 0.6) is 0 Å². The van der Waals surface area contributed by atoms with Gasteiger partial charge in [0.2, 0.25) is 0 Å². The van der Waals surface area contributed by atoms with Crippen LogP contribution in [0.4, 0.5) is 4.39 Å². The molecule has 1 amide bonds. The number of carbonyl (C=O) groups excluding carboxylic acids is 1. The molecular weight excluding hydrogens is 261 g/mol. The monoisotopic (exact) mass is 281 g/mol. The fraction of sp³-hybridized carbons (Fsp3) is 0.571. The Morgan fingerprint density at radius 2 is 2.05 bits per heavy atom. The van der Waals surface area contributed by atoms with Gasteiger partial charge in [-0.3, -0.25) is 14.7 Å². The lowest BCUT2D eigenvalue weighted by Crippen LogP contribution is -2.52. The van der Waals surface area contributed by atoms with Crippen LogP contribution in [-0.4, -0.2) is 64.1 Å². The molecular formula is C14H20FN3O2. The molecule has 0 aromatic carbocycles. The SMILES string of the molecule is CC(C)(O)CN1CCN(C(=O)c2ccncc2F)CC1. The van der Waals surface area contributed by atoms with Crippen molar-refractivity contribution in [3.05, 3.63) is 29.8 Å². The number of amides is 1. The zero-order valence-electron chi connectivity index (χ0n) is 11.8. The summed E-state index contributed by atoms with van der Waals surface area (Å²) in [4.78, 5) is 19.6. The van der Waals surface area contributed by atoms with E-state index in [1.54, 1.807) is 18.7 Å². The molecule has 1 N–H and O–H groups in total. The first kappa shape index (κ1) is 14.9. The molecule has 0 bridgehead atoms. The molecule has 5 nitrogen and oxygen atoms in total. The first-order valence-corrected chi connectivity index (χ1v) is 6.70. The molecule has 1 aliphatic heterocycles. The van der Waals surface area contributed by atoms with Crippen molar-refractivity contribution in [3.8, 4) is 0 Å². The van der Waals surface area contributed by atoms with E-state index in [1.165, 1.54) is 12.3 Å². The highest BCUT2D eigenvalue weighted by Gasteiger charge is 2.26. The molecule has 6 heteroatoms. The summed E-state index contributed by atoms with van der Waals surface area (Å²) in [6.45, 7) is 6.53. The second-order valence-corrected chi connectivity index (χ2v) is 5.74. The van der Waals surface area contributed by atoms with Gasteiger partial charge in [0, 0.05) is 38.9 Å². The largest absolute Gasteiger partial charge is 0.389 e. The van der Waals surface area contributed by atoms with Gasteiger partial charge in [0.25, 0.3) is 5.91 Å². The Balaban J connectivity index is 1.94. The number of β-amino-alcohol motifs (C(OH)–C–C–N with tert-alkyl or cyclic N) is 1. The lowest BCUT2D eigenvalue weighted by atomic mass is 10.1. The average Bonchev–Trinajstić information content (AvgIpc) is 2.37. The minimum Gasteiger partial charge on any atom is -0.389 e. The Hall–Kier alpha value is -1.53. The van der Waals surface area contributed by atoms with Crippen LogP contribution < -0.4 is 0 Å². The standard InChI is InChI=1S/C14H20FN3O2/c1-14(2,20)10-17-5-7-18(8-6-17)13(19)11-3-4-16-9-12(11)15/h3-4,9,20H,5-8,10H2,1-2H3. The van der Waals surface area contributed by atoms with Crippen molar-refractivity contribution in [1.29, 1.82) is 0 Å². The Labute approximate surface area is 118 Å². The third-order valence-corrected chi connectivity index (χ3v) is 3.27. The van der Waals surface area contributed by atoms with Gasteiger partial charge in [-0.25, -0.2) is 4.39 Å². The zero-order valence-corrected chi connectivity index (χ0v) is 11.8. The molecule has 0 radical (unpaired) electrons. The summed E-state index contributed by atoms with van der Waals surface area (Å²) in [6, 6.07) is 1.40. The molecule has 0 saturated carbocycles. The van der Waals surface area contributed by atoms with Crippen molar-refractivity contribution < 1.29 is 14.3 Å². The molecule has 0 unspecified atom stereocenters. The summed E-state index contributed by atoms with van der Waals surface area (Å²) >= 11 is 0. The van der Waals surface area contributed by atoms with Crippen molar-refractivity contribution in [2.45, 2.75) is 19.4 Å². The fourth-order valence-corrected chi connectivity index (χ4v) is 2.38. The van der Waals surface area contributed by atoms with E-state index in [2.05, 4.69) is 9.88 Å². The maximum atomic E-state index is 13.5. The number of aromatic nitrogens is 1. The average molecular weight is 281 g/mol. The van der Waals surface area contributed by atoms with Crippen LogP contribution in [0.25, 0.3) is 0 Å². The molecule has 1 aromatic rings. The smallest absolute Gasteiger partial charge is 0.257 e. The first-order chi connectivity index (χ1) is 9.37. The molecule has 1 aliphatic rings. The van der Waals surface area contributed by atoms with Crippen LogP contribution in [0, 0.1) is 5.82 Å². The molecule has 20 heavy (non-hydrogen) atoms. The number of hydrogen-bond acceptors (Lipinski definition) is 4. The number of piperazine rings is 1. The summed E-state index contributed by atoms with van der Waals surface area (Å²) in [7, 11) is 0. The summed E-state index contributed by atoms with van der Waals surface area (Å²) < 4.78 is 13.5. The second kappa shape index (κ2) is 5.85. The van der Waals surface area contributed by atoms with E-state index >= 15 is 0 Å².